The molecule has 0 aliphatic heterocycles. The van der Waals surface area contributed by atoms with E-state index in [2.05, 4.69) is 20.8 Å². The Labute approximate surface area is 108 Å². The van der Waals surface area contributed by atoms with Gasteiger partial charge < -0.3 is 15.2 Å². The average Bonchev–Trinajstić information content (AvgIpc) is 2.90. The molecule has 2 aromatic rings. The molecule has 8 heteroatoms. The number of rotatable bonds is 5. The number of amides is 1. The summed E-state index contributed by atoms with van der Waals surface area (Å²) < 4.78 is 1.44. The van der Waals surface area contributed by atoms with Gasteiger partial charge in [-0.05, 0) is 28.1 Å². The van der Waals surface area contributed by atoms with E-state index < -0.39 is 5.97 Å². The molecule has 1 heterocycles. The molecule has 1 amide bonds. The van der Waals surface area contributed by atoms with E-state index in [1.807, 2.05) is 0 Å². The monoisotopic (exact) mass is 260 g/mol. The fourth-order valence-electron chi connectivity index (χ4n) is 1.41. The zero-order valence-corrected chi connectivity index (χ0v) is 9.81. The van der Waals surface area contributed by atoms with E-state index >= 15 is 0 Å². The number of anilines is 1. The highest BCUT2D eigenvalue weighted by atomic mass is 16.4. The summed E-state index contributed by atoms with van der Waals surface area (Å²) in [5.74, 6) is -1.46. The van der Waals surface area contributed by atoms with Gasteiger partial charge in [0.2, 0.25) is 5.91 Å². The van der Waals surface area contributed by atoms with Crippen LogP contribution in [0.25, 0.3) is 0 Å². The molecule has 0 aliphatic carbocycles. The van der Waals surface area contributed by atoms with Gasteiger partial charge in [-0.3, -0.25) is 4.79 Å². The highest BCUT2D eigenvalue weighted by Gasteiger charge is 2.03. The Morgan fingerprint density at radius 2 is 2.00 bits per heavy atom. The number of aryl methyl sites for hydroxylation is 1. The van der Waals surface area contributed by atoms with Crippen LogP contribution < -0.4 is 10.4 Å². The molecule has 0 spiro atoms. The van der Waals surface area contributed by atoms with Crippen molar-refractivity contribution in [3.05, 3.63) is 36.2 Å². The van der Waals surface area contributed by atoms with Crippen LogP contribution >= 0.6 is 0 Å². The number of aromatic carboxylic acids is 1. The van der Waals surface area contributed by atoms with Gasteiger partial charge in [-0.15, -0.1) is 5.10 Å². The number of hydrogen-bond donors (Lipinski definition) is 1. The molecule has 0 aliphatic rings. The molecule has 98 valence electrons. The molecular formula is C11H10N5O3-. The molecule has 0 atom stereocenters. The number of carbonyl (C=O) groups is 2. The second kappa shape index (κ2) is 5.71. The number of carboxylic acids is 1. The number of aromatic nitrogens is 4. The Balaban J connectivity index is 1.86. The predicted octanol–water partition coefficient (Wildman–Crippen LogP) is -0.935. The third-order valence-corrected chi connectivity index (χ3v) is 2.36. The van der Waals surface area contributed by atoms with Gasteiger partial charge in [0.1, 0.15) is 6.33 Å². The Bertz CT molecular complexity index is 565. The molecule has 1 N–H and O–H groups in total. The van der Waals surface area contributed by atoms with Crippen molar-refractivity contribution in [2.45, 2.75) is 13.0 Å². The maximum atomic E-state index is 11.6. The number of tetrazole rings is 1. The van der Waals surface area contributed by atoms with Crippen LogP contribution in [0.15, 0.2) is 30.6 Å². The lowest BCUT2D eigenvalue weighted by atomic mass is 10.2. The molecule has 0 radical (unpaired) electrons. The summed E-state index contributed by atoms with van der Waals surface area (Å²) in [6.07, 6.45) is 1.63. The first-order valence-electron chi connectivity index (χ1n) is 5.47. The molecule has 1 aromatic heterocycles. The van der Waals surface area contributed by atoms with Crippen LogP contribution in [0.5, 0.6) is 0 Å². The van der Waals surface area contributed by atoms with Gasteiger partial charge >= 0.3 is 0 Å². The quantitative estimate of drug-likeness (QED) is 0.742. The predicted molar refractivity (Wildman–Crippen MR) is 61.8 cm³/mol. The van der Waals surface area contributed by atoms with Crippen molar-refractivity contribution in [2.75, 3.05) is 5.32 Å². The largest absolute Gasteiger partial charge is 0.545 e. The first-order chi connectivity index (χ1) is 9.15. The van der Waals surface area contributed by atoms with Gasteiger partial charge in [-0.25, -0.2) is 4.68 Å². The summed E-state index contributed by atoms with van der Waals surface area (Å²) >= 11 is 0. The van der Waals surface area contributed by atoms with Crippen molar-refractivity contribution < 1.29 is 14.7 Å². The summed E-state index contributed by atoms with van der Waals surface area (Å²) in [6.45, 7) is 0.371. The molecule has 0 bridgehead atoms. The average molecular weight is 260 g/mol. The van der Waals surface area contributed by atoms with Crippen LogP contribution in [0.1, 0.15) is 16.8 Å². The second-order valence-corrected chi connectivity index (χ2v) is 3.74. The summed E-state index contributed by atoms with van der Waals surface area (Å²) in [5, 5.41) is 23.7. The van der Waals surface area contributed by atoms with Gasteiger partial charge in [-0.2, -0.15) is 0 Å². The maximum absolute atomic E-state index is 11.6. The Morgan fingerprint density at radius 3 is 2.58 bits per heavy atom. The van der Waals surface area contributed by atoms with Crippen LogP contribution in [0, 0.1) is 0 Å². The van der Waals surface area contributed by atoms with E-state index in [-0.39, 0.29) is 17.9 Å². The number of carbonyl (C=O) groups excluding carboxylic acids is 2. The summed E-state index contributed by atoms with van der Waals surface area (Å²) in [5.41, 5.74) is 0.582. The van der Waals surface area contributed by atoms with E-state index in [0.717, 1.165) is 0 Å². The number of nitrogens with one attached hydrogen (secondary N) is 1. The minimum absolute atomic E-state index is 0.0617. The molecule has 0 saturated heterocycles. The number of hydrogen-bond acceptors (Lipinski definition) is 6. The van der Waals surface area contributed by atoms with Crippen LogP contribution in [-0.2, 0) is 11.3 Å². The van der Waals surface area contributed by atoms with Crippen molar-refractivity contribution in [1.82, 2.24) is 20.2 Å². The van der Waals surface area contributed by atoms with Crippen LogP contribution in [0.3, 0.4) is 0 Å². The molecule has 0 fully saturated rings. The first-order valence-corrected chi connectivity index (χ1v) is 5.47. The van der Waals surface area contributed by atoms with Crippen molar-refractivity contribution >= 4 is 17.6 Å². The van der Waals surface area contributed by atoms with E-state index in [9.17, 15) is 14.7 Å². The lowest BCUT2D eigenvalue weighted by Gasteiger charge is -2.06. The molecular weight excluding hydrogens is 250 g/mol. The normalized spacial score (nSPS) is 10.1. The van der Waals surface area contributed by atoms with Crippen LogP contribution in [0.2, 0.25) is 0 Å². The van der Waals surface area contributed by atoms with Crippen LogP contribution in [-0.4, -0.2) is 32.1 Å². The number of carboxylic acid groups (broad SMARTS) is 1. The van der Waals surface area contributed by atoms with Crippen LogP contribution in [0.4, 0.5) is 5.69 Å². The van der Waals surface area contributed by atoms with Gasteiger partial charge in [0.25, 0.3) is 0 Å². The Morgan fingerprint density at radius 1 is 1.26 bits per heavy atom. The zero-order valence-electron chi connectivity index (χ0n) is 9.81. The topological polar surface area (TPSA) is 113 Å². The van der Waals surface area contributed by atoms with E-state index in [1.54, 1.807) is 0 Å². The highest BCUT2D eigenvalue weighted by Crippen LogP contribution is 2.09. The minimum atomic E-state index is -1.25. The van der Waals surface area contributed by atoms with Gasteiger partial charge in [0, 0.05) is 12.1 Å². The zero-order chi connectivity index (χ0) is 13.7. The van der Waals surface area contributed by atoms with Gasteiger partial charge in [-0.1, -0.05) is 12.1 Å². The van der Waals surface area contributed by atoms with E-state index in [0.29, 0.717) is 12.2 Å². The lowest BCUT2D eigenvalue weighted by molar-refractivity contribution is -0.255. The summed E-state index contributed by atoms with van der Waals surface area (Å²) in [6, 6.07) is 5.73. The molecule has 8 nitrogen and oxygen atoms in total. The molecule has 0 saturated carbocycles. The smallest absolute Gasteiger partial charge is 0.226 e. The van der Waals surface area contributed by atoms with Crippen molar-refractivity contribution in [3.8, 4) is 0 Å². The fraction of sp³-hybridized carbons (Fsp3) is 0.182. The molecule has 2 rings (SSSR count). The van der Waals surface area contributed by atoms with E-state index in [1.165, 1.54) is 35.3 Å². The molecule has 1 aromatic carbocycles. The standard InChI is InChI=1S/C11H11N5O3/c17-10(5-6-16-7-12-14-15-16)13-9-3-1-8(2-4-9)11(18)19/h1-4,7H,5-6H2,(H,13,17)(H,18,19)/p-1. The van der Waals surface area contributed by atoms with Gasteiger partial charge in [0.05, 0.1) is 12.5 Å². The van der Waals surface area contributed by atoms with E-state index in [4.69, 9.17) is 0 Å². The lowest BCUT2D eigenvalue weighted by Crippen LogP contribution is -2.22. The number of nitrogens with zero attached hydrogens (tertiary/aromatic N) is 4. The fourth-order valence-corrected chi connectivity index (χ4v) is 1.41. The second-order valence-electron chi connectivity index (χ2n) is 3.74. The third kappa shape index (κ3) is 3.60. The number of benzene rings is 1. The summed E-state index contributed by atoms with van der Waals surface area (Å²) in [7, 11) is 0. The van der Waals surface area contributed by atoms with Gasteiger partial charge in [0.15, 0.2) is 0 Å². The Kier molecular flexibility index (Phi) is 3.81. The summed E-state index contributed by atoms with van der Waals surface area (Å²) in [4.78, 5) is 22.2. The maximum Gasteiger partial charge on any atom is 0.226 e. The van der Waals surface area contributed by atoms with Crippen molar-refractivity contribution in [2.24, 2.45) is 0 Å². The highest BCUT2D eigenvalue weighted by molar-refractivity contribution is 5.91. The van der Waals surface area contributed by atoms with Crippen molar-refractivity contribution in [1.29, 1.82) is 0 Å². The first kappa shape index (κ1) is 12.7. The third-order valence-electron chi connectivity index (χ3n) is 2.36. The SMILES string of the molecule is O=C(CCn1cnnn1)Nc1ccc(C(=O)[O-])cc1. The molecule has 19 heavy (non-hydrogen) atoms. The minimum Gasteiger partial charge on any atom is -0.545 e. The van der Waals surface area contributed by atoms with Crippen molar-refractivity contribution in [3.63, 3.8) is 0 Å². The Hall–Kier alpha value is -2.77. The molecule has 0 unspecified atom stereocenters.